The minimum atomic E-state index is 0.0624. The molecule has 1 N–H and O–H groups in total. The Bertz CT molecular complexity index is 727. The Labute approximate surface area is 148 Å². The zero-order valence-corrected chi connectivity index (χ0v) is 15.0. The van der Waals surface area contributed by atoms with Crippen LogP contribution in [0.2, 0.25) is 0 Å². The van der Waals surface area contributed by atoms with E-state index in [2.05, 4.69) is 34.1 Å². The molecule has 2 heterocycles. The molecule has 1 aromatic heterocycles. The van der Waals surface area contributed by atoms with Crippen LogP contribution in [0, 0.1) is 11.3 Å². The van der Waals surface area contributed by atoms with Crippen molar-refractivity contribution in [2.75, 3.05) is 26.2 Å². The minimum Gasteiger partial charge on any atom is -0.328 e. The fraction of sp³-hybridized carbons (Fsp3) is 0.294. The van der Waals surface area contributed by atoms with Gasteiger partial charge in [0.05, 0.1) is 46.5 Å². The second kappa shape index (κ2) is 7.26. The molecule has 0 atom stereocenters. The predicted octanol–water partition coefficient (Wildman–Crippen LogP) is 1.92. The molecule has 2 aromatic rings. The van der Waals surface area contributed by atoms with Crippen molar-refractivity contribution < 1.29 is 9.69 Å². The summed E-state index contributed by atoms with van der Waals surface area (Å²) in [5, 5.41) is 8.82. The van der Waals surface area contributed by atoms with E-state index >= 15 is 0 Å². The molecule has 1 fully saturated rings. The van der Waals surface area contributed by atoms with E-state index in [0.29, 0.717) is 11.1 Å². The van der Waals surface area contributed by atoms with E-state index in [4.69, 9.17) is 5.26 Å². The van der Waals surface area contributed by atoms with Crippen LogP contribution in [0.3, 0.4) is 0 Å². The molecule has 0 radical (unpaired) electrons. The van der Waals surface area contributed by atoms with Crippen molar-refractivity contribution in [2.24, 2.45) is 0 Å². The number of amides is 1. The highest BCUT2D eigenvalue weighted by atomic mass is 79.9. The van der Waals surface area contributed by atoms with E-state index in [0.717, 1.165) is 32.7 Å². The van der Waals surface area contributed by atoms with Gasteiger partial charge in [0, 0.05) is 5.56 Å². The van der Waals surface area contributed by atoms with Gasteiger partial charge in [0.1, 0.15) is 6.54 Å². The lowest BCUT2D eigenvalue weighted by atomic mass is 10.1. The second-order valence-electron chi connectivity index (χ2n) is 5.61. The molecular weight excluding hydrogens is 374 g/mol. The number of carbonyl (C=O) groups is 1. The molecule has 0 aliphatic carbocycles. The minimum absolute atomic E-state index is 0.0624. The topological polar surface area (TPSA) is 48.5 Å². The molecule has 118 valence electrons. The maximum atomic E-state index is 12.5. The molecule has 0 spiro atoms. The number of nitrogens with one attached hydrogen (secondary N) is 1. The number of piperazine rings is 1. The van der Waals surface area contributed by atoms with Gasteiger partial charge < -0.3 is 9.80 Å². The highest BCUT2D eigenvalue weighted by molar-refractivity contribution is 9.11. The van der Waals surface area contributed by atoms with Gasteiger partial charge >= 0.3 is 0 Å². The highest BCUT2D eigenvalue weighted by Crippen LogP contribution is 2.21. The summed E-state index contributed by atoms with van der Waals surface area (Å²) < 4.78 is 1.17. The number of halogens is 1. The Morgan fingerprint density at radius 3 is 2.48 bits per heavy atom. The summed E-state index contributed by atoms with van der Waals surface area (Å²) in [6, 6.07) is 13.2. The van der Waals surface area contributed by atoms with Gasteiger partial charge in [0.2, 0.25) is 0 Å². The van der Waals surface area contributed by atoms with Gasteiger partial charge in [0.25, 0.3) is 5.91 Å². The normalized spacial score (nSPS) is 15.4. The largest absolute Gasteiger partial charge is 0.328 e. The van der Waals surface area contributed by atoms with Crippen LogP contribution < -0.4 is 4.90 Å². The first-order valence-electron chi connectivity index (χ1n) is 7.53. The van der Waals surface area contributed by atoms with E-state index in [9.17, 15) is 4.79 Å². The Morgan fingerprint density at radius 2 is 1.91 bits per heavy atom. The summed E-state index contributed by atoms with van der Waals surface area (Å²) in [4.78, 5) is 17.3. The van der Waals surface area contributed by atoms with Gasteiger partial charge in [-0.1, -0.05) is 0 Å². The molecule has 1 aliphatic heterocycles. The molecule has 3 rings (SSSR count). The molecule has 0 bridgehead atoms. The lowest BCUT2D eigenvalue weighted by Crippen LogP contribution is -3.13. The average molecular weight is 391 g/mol. The lowest BCUT2D eigenvalue weighted by molar-refractivity contribution is -0.917. The zero-order chi connectivity index (χ0) is 16.2. The number of thiophene rings is 1. The van der Waals surface area contributed by atoms with E-state index in [1.807, 2.05) is 4.90 Å². The molecule has 1 saturated heterocycles. The number of rotatable bonds is 3. The number of hydrogen-bond acceptors (Lipinski definition) is 3. The van der Waals surface area contributed by atoms with Crippen molar-refractivity contribution in [2.45, 2.75) is 6.54 Å². The maximum Gasteiger partial charge on any atom is 0.254 e. The second-order valence-corrected chi connectivity index (χ2v) is 8.16. The Kier molecular flexibility index (Phi) is 5.11. The quantitative estimate of drug-likeness (QED) is 0.869. The van der Waals surface area contributed by atoms with E-state index in [-0.39, 0.29) is 5.91 Å². The van der Waals surface area contributed by atoms with Gasteiger partial charge in [0.15, 0.2) is 0 Å². The van der Waals surface area contributed by atoms with Gasteiger partial charge in [-0.3, -0.25) is 4.79 Å². The van der Waals surface area contributed by atoms with Crippen LogP contribution in [0.25, 0.3) is 0 Å². The molecule has 1 aromatic carbocycles. The van der Waals surface area contributed by atoms with Gasteiger partial charge in [-0.2, -0.15) is 5.26 Å². The van der Waals surface area contributed by atoms with E-state index in [1.54, 1.807) is 35.6 Å². The van der Waals surface area contributed by atoms with Gasteiger partial charge in [-0.25, -0.2) is 0 Å². The molecule has 4 nitrogen and oxygen atoms in total. The maximum absolute atomic E-state index is 12.5. The SMILES string of the molecule is N#Cc1ccc(C(=O)N2CC[NH+](Cc3ccc(Br)s3)CC2)cc1. The molecule has 1 aliphatic rings. The molecule has 1 amide bonds. The number of carbonyl (C=O) groups excluding carboxylic acids is 1. The highest BCUT2D eigenvalue weighted by Gasteiger charge is 2.24. The summed E-state index contributed by atoms with van der Waals surface area (Å²) in [7, 11) is 0. The third-order valence-corrected chi connectivity index (χ3v) is 5.70. The zero-order valence-electron chi connectivity index (χ0n) is 12.6. The van der Waals surface area contributed by atoms with Crippen molar-refractivity contribution >= 4 is 33.2 Å². The number of benzene rings is 1. The Balaban J connectivity index is 1.55. The Hall–Kier alpha value is -1.68. The van der Waals surface area contributed by atoms with Crippen LogP contribution in [-0.4, -0.2) is 37.0 Å². The third kappa shape index (κ3) is 3.99. The smallest absolute Gasteiger partial charge is 0.254 e. The Morgan fingerprint density at radius 1 is 1.22 bits per heavy atom. The number of quaternary nitrogens is 1. The molecule has 0 saturated carbocycles. The van der Waals surface area contributed by atoms with Crippen molar-refractivity contribution in [1.29, 1.82) is 5.26 Å². The molecular formula is C17H17BrN3OS+. The van der Waals surface area contributed by atoms with Crippen LogP contribution in [0.1, 0.15) is 20.8 Å². The van der Waals surface area contributed by atoms with Crippen LogP contribution in [0.15, 0.2) is 40.2 Å². The first-order chi connectivity index (χ1) is 11.2. The standard InChI is InChI=1S/C17H16BrN3OS/c18-16-6-5-15(23-16)12-20-7-9-21(10-8-20)17(22)14-3-1-13(11-19)2-4-14/h1-6H,7-10,12H2/p+1. The van der Waals surface area contributed by atoms with Crippen LogP contribution in [0.5, 0.6) is 0 Å². The van der Waals surface area contributed by atoms with E-state index < -0.39 is 0 Å². The summed E-state index contributed by atoms with van der Waals surface area (Å²) >= 11 is 5.28. The number of hydrogen-bond donors (Lipinski definition) is 1. The third-order valence-electron chi connectivity index (χ3n) is 4.07. The van der Waals surface area contributed by atoms with Crippen LogP contribution >= 0.6 is 27.3 Å². The van der Waals surface area contributed by atoms with Gasteiger partial charge in [-0.05, 0) is 52.3 Å². The summed E-state index contributed by atoms with van der Waals surface area (Å²) in [6.45, 7) is 4.52. The monoisotopic (exact) mass is 390 g/mol. The van der Waals surface area contributed by atoms with E-state index in [1.165, 1.54) is 13.6 Å². The van der Waals surface area contributed by atoms with Crippen LogP contribution in [-0.2, 0) is 6.54 Å². The van der Waals surface area contributed by atoms with Crippen LogP contribution in [0.4, 0.5) is 0 Å². The molecule has 0 unspecified atom stereocenters. The first-order valence-corrected chi connectivity index (χ1v) is 9.14. The van der Waals surface area contributed by atoms with Crippen molar-refractivity contribution in [3.05, 3.63) is 56.2 Å². The number of nitriles is 1. The first kappa shape index (κ1) is 16.2. The van der Waals surface area contributed by atoms with Crippen molar-refractivity contribution in [3.8, 4) is 6.07 Å². The lowest BCUT2D eigenvalue weighted by Gasteiger charge is -2.32. The number of nitrogens with zero attached hydrogens (tertiary/aromatic N) is 2. The summed E-state index contributed by atoms with van der Waals surface area (Å²) in [5.74, 6) is 0.0624. The molecule has 23 heavy (non-hydrogen) atoms. The average Bonchev–Trinajstić information content (AvgIpc) is 3.00. The van der Waals surface area contributed by atoms with Crippen molar-refractivity contribution in [1.82, 2.24) is 4.90 Å². The van der Waals surface area contributed by atoms with Gasteiger partial charge in [-0.15, -0.1) is 11.3 Å². The summed E-state index contributed by atoms with van der Waals surface area (Å²) in [6.07, 6.45) is 0. The molecule has 6 heteroatoms. The summed E-state index contributed by atoms with van der Waals surface area (Å²) in [5.41, 5.74) is 1.24. The fourth-order valence-corrected chi connectivity index (χ4v) is 4.32. The fourth-order valence-electron chi connectivity index (χ4n) is 2.77. The van der Waals surface area contributed by atoms with Crippen molar-refractivity contribution in [3.63, 3.8) is 0 Å². The predicted molar refractivity (Wildman–Crippen MR) is 93.5 cm³/mol.